The van der Waals surface area contributed by atoms with Crippen LogP contribution in [0.25, 0.3) is 11.3 Å². The summed E-state index contributed by atoms with van der Waals surface area (Å²) in [5, 5.41) is 13.2. The first-order valence-electron chi connectivity index (χ1n) is 9.38. The Kier molecular flexibility index (Phi) is 7.24. The maximum Gasteiger partial charge on any atom is 0.361 e. The molecule has 1 heterocycles. The van der Waals surface area contributed by atoms with Crippen LogP contribution in [0.4, 0.5) is 5.69 Å². The zero-order valence-corrected chi connectivity index (χ0v) is 18.8. The van der Waals surface area contributed by atoms with Crippen LogP contribution in [-0.4, -0.2) is 47.6 Å². The molecular weight excluding hydrogens is 468 g/mol. The van der Waals surface area contributed by atoms with Gasteiger partial charge in [-0.2, -0.15) is 10.3 Å². The molecule has 0 unspecified atom stereocenters. The van der Waals surface area contributed by atoms with Gasteiger partial charge >= 0.3 is 5.97 Å². The Morgan fingerprint density at radius 3 is 2.68 bits per heavy atom. The Hall–Kier alpha value is -3.40. The summed E-state index contributed by atoms with van der Waals surface area (Å²) in [7, 11) is 1.47. The molecule has 0 saturated carbocycles. The molecule has 0 aliphatic heterocycles. The Balaban J connectivity index is 1.79. The van der Waals surface area contributed by atoms with E-state index in [0.29, 0.717) is 27.2 Å². The number of carbonyl (C=O) groups excluding carboxylic acids is 2. The minimum Gasteiger partial charge on any atom is -0.493 e. The van der Waals surface area contributed by atoms with Crippen molar-refractivity contribution in [1.29, 1.82) is 0 Å². The number of aromatic amines is 1. The molecule has 3 aromatic rings. The van der Waals surface area contributed by atoms with E-state index in [9.17, 15) is 9.59 Å². The molecule has 0 radical (unpaired) electrons. The number of carbonyl (C=O) groups is 2. The number of aryl methyl sites for hydroxylation is 1. The van der Waals surface area contributed by atoms with Gasteiger partial charge in [-0.1, -0.05) is 18.2 Å². The van der Waals surface area contributed by atoms with Crippen molar-refractivity contribution in [1.82, 2.24) is 15.4 Å². The Morgan fingerprint density at radius 2 is 1.97 bits per heavy atom. The van der Waals surface area contributed by atoms with E-state index in [1.54, 1.807) is 19.1 Å². The first-order valence-corrected chi connectivity index (χ1v) is 10.2. The Morgan fingerprint density at radius 1 is 1.19 bits per heavy atom. The lowest BCUT2D eigenvalue weighted by molar-refractivity contribution is -0.118. The number of nitrogens with zero attached hydrogens (tertiary/aromatic N) is 2. The molecule has 2 N–H and O–H groups in total. The minimum absolute atomic E-state index is 0.0575. The molecule has 10 heteroatoms. The van der Waals surface area contributed by atoms with Gasteiger partial charge in [0.15, 0.2) is 23.8 Å². The highest BCUT2D eigenvalue weighted by atomic mass is 79.9. The molecule has 31 heavy (non-hydrogen) atoms. The van der Waals surface area contributed by atoms with Gasteiger partial charge in [-0.3, -0.25) is 4.79 Å². The molecule has 0 saturated heterocycles. The van der Waals surface area contributed by atoms with Crippen molar-refractivity contribution in [2.24, 2.45) is 0 Å². The average Bonchev–Trinajstić information content (AvgIpc) is 3.24. The van der Waals surface area contributed by atoms with Gasteiger partial charge in [0, 0.05) is 11.3 Å². The van der Waals surface area contributed by atoms with Gasteiger partial charge in [0.2, 0.25) is 0 Å². The van der Waals surface area contributed by atoms with Crippen LogP contribution in [0.15, 0.2) is 40.9 Å². The van der Waals surface area contributed by atoms with Gasteiger partial charge in [-0.25, -0.2) is 4.79 Å². The number of amides is 1. The van der Waals surface area contributed by atoms with E-state index in [1.165, 1.54) is 7.11 Å². The predicted molar refractivity (Wildman–Crippen MR) is 117 cm³/mol. The van der Waals surface area contributed by atoms with Crippen molar-refractivity contribution in [3.8, 4) is 22.8 Å². The van der Waals surface area contributed by atoms with Crippen LogP contribution in [0.5, 0.6) is 11.5 Å². The number of benzene rings is 2. The summed E-state index contributed by atoms with van der Waals surface area (Å²) in [5.74, 6) is -0.207. The molecule has 0 aliphatic carbocycles. The summed E-state index contributed by atoms with van der Waals surface area (Å²) < 4.78 is 16.6. The smallest absolute Gasteiger partial charge is 0.361 e. The fourth-order valence-corrected chi connectivity index (χ4v) is 3.36. The van der Waals surface area contributed by atoms with Gasteiger partial charge < -0.3 is 19.5 Å². The van der Waals surface area contributed by atoms with Gasteiger partial charge in [-0.15, -0.1) is 5.10 Å². The van der Waals surface area contributed by atoms with E-state index in [2.05, 4.69) is 36.7 Å². The number of nitrogens with one attached hydrogen (secondary N) is 2. The molecule has 9 nitrogen and oxygen atoms in total. The van der Waals surface area contributed by atoms with Crippen LogP contribution >= 0.6 is 15.9 Å². The predicted octanol–water partition coefficient (Wildman–Crippen LogP) is 3.75. The third kappa shape index (κ3) is 5.21. The van der Waals surface area contributed by atoms with E-state index >= 15 is 0 Å². The summed E-state index contributed by atoms with van der Waals surface area (Å²) >= 11 is 3.43. The molecule has 0 fully saturated rings. The van der Waals surface area contributed by atoms with E-state index < -0.39 is 5.97 Å². The van der Waals surface area contributed by atoms with Crippen molar-refractivity contribution >= 4 is 33.5 Å². The van der Waals surface area contributed by atoms with Crippen molar-refractivity contribution in [3.63, 3.8) is 0 Å². The first-order chi connectivity index (χ1) is 14.9. The van der Waals surface area contributed by atoms with Gasteiger partial charge in [0.05, 0.1) is 18.2 Å². The van der Waals surface area contributed by atoms with E-state index in [-0.39, 0.29) is 24.8 Å². The van der Waals surface area contributed by atoms with E-state index in [0.717, 1.165) is 11.3 Å². The third-order valence-corrected chi connectivity index (χ3v) is 4.88. The van der Waals surface area contributed by atoms with Crippen LogP contribution in [0.3, 0.4) is 0 Å². The number of rotatable bonds is 8. The Bertz CT molecular complexity index is 1100. The lowest BCUT2D eigenvalue weighted by Crippen LogP contribution is -2.21. The number of hydrogen-bond donors (Lipinski definition) is 2. The molecule has 162 valence electrons. The lowest BCUT2D eigenvalue weighted by Gasteiger charge is -2.14. The van der Waals surface area contributed by atoms with Gasteiger partial charge in [0.25, 0.3) is 5.91 Å². The fourth-order valence-electron chi connectivity index (χ4n) is 2.81. The highest BCUT2D eigenvalue weighted by Gasteiger charge is 2.22. The summed E-state index contributed by atoms with van der Waals surface area (Å²) in [6.45, 7) is 3.61. The summed E-state index contributed by atoms with van der Waals surface area (Å²) in [6.07, 6.45) is 0. The average molecular weight is 489 g/mol. The zero-order chi connectivity index (χ0) is 22.4. The standard InChI is InChI=1S/C21H21BrN4O5/c1-4-30-21(28)19-18(24-26-25-19)13-9-14(22)20(16(10-13)29-3)31-11-17(27)23-15-8-6-5-7-12(15)2/h5-10H,4,11H2,1-3H3,(H,23,27)(H,24,25,26). The molecule has 0 spiro atoms. The number of halogens is 1. The lowest BCUT2D eigenvalue weighted by atomic mass is 10.1. The number of methoxy groups -OCH3 is 1. The van der Waals surface area contributed by atoms with Crippen molar-refractivity contribution < 1.29 is 23.8 Å². The third-order valence-electron chi connectivity index (χ3n) is 4.29. The van der Waals surface area contributed by atoms with Crippen LogP contribution < -0.4 is 14.8 Å². The van der Waals surface area contributed by atoms with Crippen LogP contribution in [0.1, 0.15) is 23.0 Å². The topological polar surface area (TPSA) is 115 Å². The number of H-pyrrole nitrogens is 1. The summed E-state index contributed by atoms with van der Waals surface area (Å²) in [6, 6.07) is 10.8. The molecule has 0 atom stereocenters. The second kappa shape index (κ2) is 10.1. The van der Waals surface area contributed by atoms with Gasteiger partial charge in [0.1, 0.15) is 5.69 Å². The number of esters is 1. The largest absolute Gasteiger partial charge is 0.493 e. The van der Waals surface area contributed by atoms with Crippen LogP contribution in [-0.2, 0) is 9.53 Å². The quantitative estimate of drug-likeness (QED) is 0.463. The maximum atomic E-state index is 12.3. The molecular formula is C21H21BrN4O5. The molecule has 1 aromatic heterocycles. The van der Waals surface area contributed by atoms with Crippen LogP contribution in [0, 0.1) is 6.92 Å². The monoisotopic (exact) mass is 488 g/mol. The normalized spacial score (nSPS) is 10.5. The van der Waals surface area contributed by atoms with Crippen molar-refractivity contribution in [3.05, 3.63) is 52.1 Å². The van der Waals surface area contributed by atoms with Crippen LogP contribution in [0.2, 0.25) is 0 Å². The molecule has 1 amide bonds. The minimum atomic E-state index is -0.588. The zero-order valence-electron chi connectivity index (χ0n) is 17.2. The van der Waals surface area contributed by atoms with Crippen molar-refractivity contribution in [2.75, 3.05) is 25.6 Å². The molecule has 3 rings (SSSR count). The molecule has 0 aliphatic rings. The molecule has 2 aromatic carbocycles. The highest BCUT2D eigenvalue weighted by Crippen LogP contribution is 2.39. The molecule has 0 bridgehead atoms. The van der Waals surface area contributed by atoms with Crippen molar-refractivity contribution in [2.45, 2.75) is 13.8 Å². The number of anilines is 1. The van der Waals surface area contributed by atoms with E-state index in [4.69, 9.17) is 14.2 Å². The fraction of sp³-hybridized carbons (Fsp3) is 0.238. The summed E-state index contributed by atoms with van der Waals surface area (Å²) in [5.41, 5.74) is 2.58. The second-order valence-electron chi connectivity index (χ2n) is 6.38. The Labute approximate surface area is 187 Å². The number of hydrogen-bond acceptors (Lipinski definition) is 7. The second-order valence-corrected chi connectivity index (χ2v) is 7.24. The maximum absolute atomic E-state index is 12.3. The first kappa shape index (κ1) is 22.3. The SMILES string of the molecule is CCOC(=O)c1n[nH]nc1-c1cc(Br)c(OCC(=O)Nc2ccccc2C)c(OC)c1. The van der Waals surface area contributed by atoms with Gasteiger partial charge in [-0.05, 0) is 53.5 Å². The number of para-hydroxylation sites is 1. The number of ether oxygens (including phenoxy) is 3. The number of aromatic nitrogens is 3. The van der Waals surface area contributed by atoms with E-state index in [1.807, 2.05) is 31.2 Å². The highest BCUT2D eigenvalue weighted by molar-refractivity contribution is 9.10. The summed E-state index contributed by atoms with van der Waals surface area (Å²) in [4.78, 5) is 24.4.